The fourth-order valence-electron chi connectivity index (χ4n) is 4.84. The van der Waals surface area contributed by atoms with E-state index in [1.807, 2.05) is 19.0 Å². The summed E-state index contributed by atoms with van der Waals surface area (Å²) in [7, 11) is -0.204. The third kappa shape index (κ3) is 6.45. The van der Waals surface area contributed by atoms with Gasteiger partial charge in [-0.05, 0) is 63.0 Å². The topological polar surface area (TPSA) is 62.3 Å². The Morgan fingerprint density at radius 2 is 1.95 bits per heavy atom. The van der Waals surface area contributed by atoms with Crippen molar-refractivity contribution < 1.29 is 26.0 Å². The molecule has 3 aromatic rings. The Morgan fingerprint density at radius 3 is 2.59 bits per heavy atom. The molecule has 1 aliphatic rings. The molecule has 3 atom stereocenters. The Balaban J connectivity index is 1.59. The highest BCUT2D eigenvalue weighted by molar-refractivity contribution is 7.90. The van der Waals surface area contributed by atoms with Crippen molar-refractivity contribution in [1.82, 2.24) is 9.88 Å². The van der Waals surface area contributed by atoms with Crippen molar-refractivity contribution in [2.75, 3.05) is 19.4 Å². The highest BCUT2D eigenvalue weighted by Gasteiger charge is 2.35. The van der Waals surface area contributed by atoms with E-state index < -0.39 is 38.0 Å². The summed E-state index contributed by atoms with van der Waals surface area (Å²) in [6, 6.07) is 7.26. The first-order valence-corrected chi connectivity index (χ1v) is 14.5. The number of thiazole rings is 1. The zero-order valence-corrected chi connectivity index (χ0v) is 22.5. The van der Waals surface area contributed by atoms with Crippen LogP contribution in [-0.4, -0.2) is 44.5 Å². The van der Waals surface area contributed by atoms with Crippen molar-refractivity contribution in [2.24, 2.45) is 0 Å². The number of nitrogens with one attached hydrogen (secondary N) is 1. The van der Waals surface area contributed by atoms with Gasteiger partial charge in [-0.2, -0.15) is 13.2 Å². The number of halogens is 5. The van der Waals surface area contributed by atoms with Crippen LogP contribution in [0.3, 0.4) is 0 Å². The molecule has 0 amide bonds. The molecular formula is C25H26ClF4N3O2S2. The number of hydrogen-bond acceptors (Lipinski definition) is 6. The summed E-state index contributed by atoms with van der Waals surface area (Å²) in [6.45, 7) is 0. The van der Waals surface area contributed by atoms with Crippen molar-refractivity contribution in [3.05, 3.63) is 74.9 Å². The zero-order valence-electron chi connectivity index (χ0n) is 20.1. The molecule has 0 radical (unpaired) electrons. The fourth-order valence-corrected chi connectivity index (χ4v) is 7.47. The lowest BCUT2D eigenvalue weighted by molar-refractivity contribution is -0.137. The Bertz CT molecular complexity index is 1350. The molecule has 37 heavy (non-hydrogen) atoms. The Kier molecular flexibility index (Phi) is 8.18. The lowest BCUT2D eigenvalue weighted by Crippen LogP contribution is -2.47. The number of sulfone groups is 1. The van der Waals surface area contributed by atoms with Gasteiger partial charge in [0.1, 0.15) is 21.5 Å². The first-order chi connectivity index (χ1) is 17.3. The molecule has 1 fully saturated rings. The van der Waals surface area contributed by atoms with E-state index in [1.54, 1.807) is 11.4 Å². The van der Waals surface area contributed by atoms with Crippen LogP contribution in [-0.2, 0) is 21.8 Å². The molecule has 2 aromatic carbocycles. The molecule has 4 rings (SSSR count). The van der Waals surface area contributed by atoms with E-state index in [1.165, 1.54) is 18.3 Å². The van der Waals surface area contributed by atoms with Crippen LogP contribution >= 0.6 is 22.9 Å². The van der Waals surface area contributed by atoms with Gasteiger partial charge in [-0.1, -0.05) is 29.8 Å². The molecule has 200 valence electrons. The van der Waals surface area contributed by atoms with Crippen molar-refractivity contribution in [3.8, 4) is 0 Å². The standard InChI is InChI=1S/C25H26ClF4N3O2S2/c1-33(2)22-7-6-16(15-4-3-5-17(10-15)25(28,29)30)11-21(22)32-20-13-19(27)23(12-18(20)26)37(34,35)14-24-31-8-9-36-24/h3-5,8-10,12-13,16,21-22,32H,6-7,11,14H2,1-2H3/t16-,21+,22+/m1/s1. The van der Waals surface area contributed by atoms with E-state index in [4.69, 9.17) is 11.6 Å². The number of nitrogens with zero attached hydrogens (tertiary/aromatic N) is 2. The van der Waals surface area contributed by atoms with E-state index in [9.17, 15) is 21.6 Å². The molecule has 0 saturated heterocycles. The predicted molar refractivity (Wildman–Crippen MR) is 137 cm³/mol. The second kappa shape index (κ2) is 10.9. The van der Waals surface area contributed by atoms with Crippen molar-refractivity contribution in [1.29, 1.82) is 0 Å². The smallest absolute Gasteiger partial charge is 0.379 e. The van der Waals surface area contributed by atoms with Crippen LogP contribution in [0.25, 0.3) is 0 Å². The summed E-state index contributed by atoms with van der Waals surface area (Å²) in [5.74, 6) is -1.51. The summed E-state index contributed by atoms with van der Waals surface area (Å²) in [4.78, 5) is 5.46. The quantitative estimate of drug-likeness (QED) is 0.321. The Hall–Kier alpha value is -2.21. The third-order valence-corrected chi connectivity index (χ3v) is 9.57. The van der Waals surface area contributed by atoms with Gasteiger partial charge in [0.05, 0.1) is 16.3 Å². The normalized spacial score (nSPS) is 20.8. The highest BCUT2D eigenvalue weighted by Crippen LogP contribution is 2.39. The first kappa shape index (κ1) is 27.8. The maximum Gasteiger partial charge on any atom is 0.416 e. The Labute approximate surface area is 222 Å². The first-order valence-electron chi connectivity index (χ1n) is 11.6. The molecule has 1 heterocycles. The summed E-state index contributed by atoms with van der Waals surface area (Å²) in [5.41, 5.74) is 0.137. The summed E-state index contributed by atoms with van der Waals surface area (Å²) in [6.07, 6.45) is -1.07. The van der Waals surface area contributed by atoms with Crippen LogP contribution in [0.2, 0.25) is 5.02 Å². The van der Waals surface area contributed by atoms with Gasteiger partial charge >= 0.3 is 6.18 Å². The van der Waals surface area contributed by atoms with E-state index in [2.05, 4.69) is 10.3 Å². The van der Waals surface area contributed by atoms with E-state index in [0.29, 0.717) is 29.8 Å². The molecule has 0 aliphatic heterocycles. The third-order valence-electron chi connectivity index (χ3n) is 6.66. The Morgan fingerprint density at radius 1 is 1.19 bits per heavy atom. The minimum Gasteiger partial charge on any atom is -0.379 e. The number of hydrogen-bond donors (Lipinski definition) is 1. The number of likely N-dealkylation sites (N-methyl/N-ethyl adjacent to an activating group) is 1. The van der Waals surface area contributed by atoms with E-state index in [-0.39, 0.29) is 28.7 Å². The summed E-state index contributed by atoms with van der Waals surface area (Å²) >= 11 is 7.57. The molecule has 12 heteroatoms. The maximum absolute atomic E-state index is 15.1. The maximum atomic E-state index is 15.1. The summed E-state index contributed by atoms with van der Waals surface area (Å²) < 4.78 is 80.4. The molecular weight excluding hydrogens is 550 g/mol. The van der Waals surface area contributed by atoms with Gasteiger partial charge in [-0.15, -0.1) is 11.3 Å². The van der Waals surface area contributed by atoms with Crippen LogP contribution in [0.4, 0.5) is 23.2 Å². The molecule has 1 N–H and O–H groups in total. The lowest BCUT2D eigenvalue weighted by atomic mass is 9.78. The number of alkyl halides is 3. The van der Waals surface area contributed by atoms with Gasteiger partial charge in [-0.3, -0.25) is 0 Å². The molecule has 1 saturated carbocycles. The molecule has 1 aromatic heterocycles. The van der Waals surface area contributed by atoms with E-state index in [0.717, 1.165) is 29.5 Å². The molecule has 0 unspecified atom stereocenters. The van der Waals surface area contributed by atoms with Crippen LogP contribution in [0, 0.1) is 5.82 Å². The van der Waals surface area contributed by atoms with Crippen molar-refractivity contribution in [2.45, 2.75) is 54.1 Å². The van der Waals surface area contributed by atoms with Gasteiger partial charge in [0.2, 0.25) is 0 Å². The van der Waals surface area contributed by atoms with Crippen molar-refractivity contribution in [3.63, 3.8) is 0 Å². The van der Waals surface area contributed by atoms with Gasteiger partial charge in [0.25, 0.3) is 0 Å². The van der Waals surface area contributed by atoms with Gasteiger partial charge < -0.3 is 10.2 Å². The number of anilines is 1. The minimum absolute atomic E-state index is 0.00879. The monoisotopic (exact) mass is 575 g/mol. The van der Waals surface area contributed by atoms with Gasteiger partial charge in [0.15, 0.2) is 9.84 Å². The predicted octanol–water partition coefficient (Wildman–Crippen LogP) is 6.61. The van der Waals surface area contributed by atoms with Crippen LogP contribution in [0.15, 0.2) is 52.9 Å². The summed E-state index contributed by atoms with van der Waals surface area (Å²) in [5, 5.41) is 5.27. The fraction of sp³-hybridized carbons (Fsp3) is 0.400. The lowest BCUT2D eigenvalue weighted by Gasteiger charge is -2.41. The molecule has 1 aliphatic carbocycles. The van der Waals surface area contributed by atoms with Crippen LogP contribution in [0.1, 0.15) is 41.3 Å². The minimum atomic E-state index is -4.43. The van der Waals surface area contributed by atoms with Crippen LogP contribution in [0.5, 0.6) is 0 Å². The number of benzene rings is 2. The van der Waals surface area contributed by atoms with E-state index >= 15 is 4.39 Å². The number of rotatable bonds is 7. The molecule has 5 nitrogen and oxygen atoms in total. The second-order valence-corrected chi connectivity index (χ2v) is 12.7. The number of aromatic nitrogens is 1. The average molecular weight is 576 g/mol. The van der Waals surface area contributed by atoms with Gasteiger partial charge in [-0.25, -0.2) is 17.8 Å². The molecule has 0 spiro atoms. The van der Waals surface area contributed by atoms with Gasteiger partial charge in [0, 0.05) is 23.7 Å². The SMILES string of the molecule is CN(C)[C@H]1CC[C@@H](c2cccc(C(F)(F)F)c2)C[C@@H]1Nc1cc(F)c(S(=O)(=O)Cc2nccs2)cc1Cl. The average Bonchev–Trinajstić information content (AvgIpc) is 3.32. The largest absolute Gasteiger partial charge is 0.416 e. The van der Waals surface area contributed by atoms with Crippen LogP contribution < -0.4 is 5.32 Å². The molecule has 0 bridgehead atoms. The highest BCUT2D eigenvalue weighted by atomic mass is 35.5. The van der Waals surface area contributed by atoms with Crippen molar-refractivity contribution >= 4 is 38.5 Å². The second-order valence-electron chi connectivity index (χ2n) is 9.36. The zero-order chi connectivity index (χ0) is 27.0.